The molecule has 6 N–H and O–H groups in total. The van der Waals surface area contributed by atoms with E-state index in [0.717, 1.165) is 29.0 Å². The highest BCUT2D eigenvalue weighted by atomic mass is 32.2. The van der Waals surface area contributed by atoms with Crippen molar-refractivity contribution in [3.8, 4) is 5.69 Å². The molecule has 2 aliphatic rings. The lowest BCUT2D eigenvalue weighted by Crippen LogP contribution is -2.50. The molecule has 1 aromatic carbocycles. The molecule has 1 aliphatic heterocycles. The maximum atomic E-state index is 15.2. The molecule has 1 saturated heterocycles. The first kappa shape index (κ1) is 33.3. The Balaban J connectivity index is 0.000000854. The van der Waals surface area contributed by atoms with Crippen LogP contribution in [0.1, 0.15) is 24.2 Å². The van der Waals surface area contributed by atoms with Crippen molar-refractivity contribution in [2.45, 2.75) is 32.0 Å². The number of aromatic carboxylic acids is 1. The molecule has 14 nitrogen and oxygen atoms in total. The minimum Gasteiger partial charge on any atom is -0.477 e. The Morgan fingerprint density at radius 2 is 1.67 bits per heavy atom. The number of piperidine rings is 1. The first-order valence-corrected chi connectivity index (χ1v) is 15.2. The van der Waals surface area contributed by atoms with E-state index >= 15 is 4.39 Å². The topological polar surface area (TPSA) is 214 Å². The van der Waals surface area contributed by atoms with E-state index in [9.17, 15) is 41.5 Å². The zero-order valence-electron chi connectivity index (χ0n) is 24.0. The lowest BCUT2D eigenvalue weighted by Gasteiger charge is -2.23. The van der Waals surface area contributed by atoms with Gasteiger partial charge in [-0.25, -0.2) is 22.9 Å². The van der Waals surface area contributed by atoms with Crippen molar-refractivity contribution in [1.82, 2.24) is 20.2 Å². The van der Waals surface area contributed by atoms with Crippen LogP contribution in [0.3, 0.4) is 0 Å². The summed E-state index contributed by atoms with van der Waals surface area (Å²) in [5, 5.41) is 14.5. The number of anilines is 1. The van der Waals surface area contributed by atoms with Gasteiger partial charge >= 0.3 is 5.97 Å². The zero-order valence-corrected chi connectivity index (χ0v) is 24.8. The number of carboxylic acid groups (broad SMARTS) is 1. The summed E-state index contributed by atoms with van der Waals surface area (Å²) in [6.07, 6.45) is 1.59. The predicted octanol–water partition coefficient (Wildman–Crippen LogP) is 0.408. The second-order valence-corrected chi connectivity index (χ2v) is 12.3. The third-order valence-electron chi connectivity index (χ3n) is 7.28. The van der Waals surface area contributed by atoms with E-state index in [2.05, 4.69) is 15.6 Å². The third kappa shape index (κ3) is 7.40. The Morgan fingerprint density at radius 3 is 2.20 bits per heavy atom. The van der Waals surface area contributed by atoms with Crippen LogP contribution < -0.4 is 26.7 Å². The number of halogens is 3. The van der Waals surface area contributed by atoms with Crippen LogP contribution in [-0.2, 0) is 19.7 Å². The molecule has 0 radical (unpaired) electrons. The van der Waals surface area contributed by atoms with Crippen molar-refractivity contribution in [2.75, 3.05) is 24.2 Å². The van der Waals surface area contributed by atoms with Gasteiger partial charge in [0.2, 0.25) is 17.2 Å². The first-order chi connectivity index (χ1) is 20.9. The van der Waals surface area contributed by atoms with E-state index in [1.54, 1.807) is 4.90 Å². The molecule has 0 bridgehead atoms. The van der Waals surface area contributed by atoms with Gasteiger partial charge in [-0.05, 0) is 32.0 Å². The Bertz CT molecular complexity index is 1850. The first-order valence-electron chi connectivity index (χ1n) is 13.4. The normalized spacial score (nSPS) is 20.0. The summed E-state index contributed by atoms with van der Waals surface area (Å²) >= 11 is 0. The van der Waals surface area contributed by atoms with Crippen LogP contribution in [0, 0.1) is 29.3 Å². The second-order valence-electron chi connectivity index (χ2n) is 10.8. The molecule has 1 aliphatic carbocycles. The van der Waals surface area contributed by atoms with Crippen LogP contribution in [0.15, 0.2) is 35.3 Å². The standard InChI is InChI=1S/C26H25F3N6O5.CH4O3S/c1-10(30)24(37)31-11(2)25(38)32-20-14-7-34(8-15(14)20)23-18(29)6-13-21(36)16(26(39)40)9-35(22(13)33-23)19-4-3-12(27)5-17(19)28;1-5(2,3)4/h3-6,9-11,14-15,20H,7-8,30H2,1-2H3,(H,31,37)(H,32,38)(H,39,40);1H3,(H,2,3,4)/t10-,11-,14-,15+,20+;/m0./s1. The number of benzene rings is 1. The van der Waals surface area contributed by atoms with Crippen molar-refractivity contribution in [2.24, 2.45) is 17.6 Å². The molecule has 5 rings (SSSR count). The molecule has 5 atom stereocenters. The molecule has 2 aromatic heterocycles. The number of carboxylic acids is 1. The summed E-state index contributed by atoms with van der Waals surface area (Å²) in [5.41, 5.74) is 3.28. The molecule has 2 amide bonds. The molecular weight excluding hydrogens is 625 g/mol. The van der Waals surface area contributed by atoms with Gasteiger partial charge < -0.3 is 26.4 Å². The van der Waals surface area contributed by atoms with Crippen molar-refractivity contribution in [3.05, 3.63) is 63.7 Å². The highest BCUT2D eigenvalue weighted by Crippen LogP contribution is 2.47. The number of fused-ring (bicyclic) bond motifs is 2. The number of hydrogen-bond donors (Lipinski definition) is 5. The van der Waals surface area contributed by atoms with Gasteiger partial charge in [0.05, 0.1) is 23.4 Å². The lowest BCUT2D eigenvalue weighted by atomic mass is 10.1. The zero-order chi connectivity index (χ0) is 33.5. The van der Waals surface area contributed by atoms with Gasteiger partial charge in [-0.2, -0.15) is 8.42 Å². The third-order valence-corrected chi connectivity index (χ3v) is 7.28. The number of rotatable bonds is 7. The molecular formula is C27H29F3N6O8S. The van der Waals surface area contributed by atoms with Crippen LogP contribution in [0.2, 0.25) is 0 Å². The highest BCUT2D eigenvalue weighted by molar-refractivity contribution is 7.85. The number of amides is 2. The number of hydrogen-bond acceptors (Lipinski definition) is 9. The van der Waals surface area contributed by atoms with Crippen molar-refractivity contribution in [3.63, 3.8) is 0 Å². The maximum absolute atomic E-state index is 15.2. The molecule has 18 heteroatoms. The largest absolute Gasteiger partial charge is 0.477 e. The fraction of sp³-hybridized carbons (Fsp3) is 0.370. The summed E-state index contributed by atoms with van der Waals surface area (Å²) in [7, 11) is -3.67. The molecule has 0 spiro atoms. The van der Waals surface area contributed by atoms with Gasteiger partial charge in [-0.1, -0.05) is 0 Å². The molecule has 3 aromatic rings. The number of nitrogens with two attached hydrogens (primary N) is 1. The highest BCUT2D eigenvalue weighted by Gasteiger charge is 2.57. The summed E-state index contributed by atoms with van der Waals surface area (Å²) < 4.78 is 70.3. The molecule has 1 saturated carbocycles. The van der Waals surface area contributed by atoms with E-state index in [0.29, 0.717) is 25.4 Å². The van der Waals surface area contributed by atoms with Gasteiger partial charge in [0, 0.05) is 43.2 Å². The van der Waals surface area contributed by atoms with Gasteiger partial charge in [0.15, 0.2) is 17.3 Å². The smallest absolute Gasteiger partial charge is 0.341 e. The van der Waals surface area contributed by atoms with Crippen LogP contribution in [0.4, 0.5) is 19.0 Å². The minimum atomic E-state index is -3.67. The average molecular weight is 655 g/mol. The van der Waals surface area contributed by atoms with Crippen molar-refractivity contribution >= 4 is 44.8 Å². The quantitative estimate of drug-likeness (QED) is 0.220. The molecule has 3 heterocycles. The molecule has 45 heavy (non-hydrogen) atoms. The van der Waals surface area contributed by atoms with Crippen molar-refractivity contribution in [1.29, 1.82) is 0 Å². The predicted molar refractivity (Wildman–Crippen MR) is 154 cm³/mol. The summed E-state index contributed by atoms with van der Waals surface area (Å²) in [6.45, 7) is 3.66. The van der Waals surface area contributed by atoms with Gasteiger partial charge in [-0.15, -0.1) is 0 Å². The van der Waals surface area contributed by atoms with Crippen LogP contribution in [0.5, 0.6) is 0 Å². The number of nitrogens with one attached hydrogen (secondary N) is 2. The minimum absolute atomic E-state index is 0.0247. The Morgan fingerprint density at radius 1 is 1.07 bits per heavy atom. The summed E-state index contributed by atoms with van der Waals surface area (Å²) in [6, 6.07) is 1.71. The van der Waals surface area contributed by atoms with E-state index in [1.807, 2.05) is 0 Å². The Kier molecular flexibility index (Phi) is 9.22. The number of nitrogens with zero attached hydrogens (tertiary/aromatic N) is 3. The Hall–Kier alpha value is -4.55. The van der Waals surface area contributed by atoms with Gasteiger partial charge in [-0.3, -0.25) is 23.5 Å². The fourth-order valence-electron chi connectivity index (χ4n) is 5.06. The molecule has 2 fully saturated rings. The number of pyridine rings is 2. The van der Waals surface area contributed by atoms with E-state index in [1.165, 1.54) is 13.8 Å². The van der Waals surface area contributed by atoms with E-state index in [4.69, 9.17) is 10.3 Å². The number of carbonyl (C=O) groups is 3. The lowest BCUT2D eigenvalue weighted by molar-refractivity contribution is -0.129. The summed E-state index contributed by atoms with van der Waals surface area (Å²) in [5.74, 6) is -5.42. The van der Waals surface area contributed by atoms with Crippen molar-refractivity contribution < 1.29 is 45.6 Å². The maximum Gasteiger partial charge on any atom is 0.341 e. The summed E-state index contributed by atoms with van der Waals surface area (Å²) in [4.78, 5) is 54.6. The number of aromatic nitrogens is 2. The van der Waals surface area contributed by atoms with Crippen LogP contribution >= 0.6 is 0 Å². The average Bonchev–Trinajstić information content (AvgIpc) is 3.34. The second kappa shape index (κ2) is 12.4. The number of carbonyl (C=O) groups excluding carboxylic acids is 2. The van der Waals surface area contributed by atoms with Crippen LogP contribution in [0.25, 0.3) is 16.7 Å². The van der Waals surface area contributed by atoms with E-state index in [-0.39, 0.29) is 46.3 Å². The SMILES string of the molecule is CS(=O)(=O)O.C[C@H](N)C(=O)N[C@@H](C)C(=O)N[C@H]1[C@@H]2CN(c3nc4c(cc3F)c(=O)c(C(=O)O)cn4-c3ccc(F)cc3F)C[C@@H]21. The Labute approximate surface area is 253 Å². The van der Waals surface area contributed by atoms with Gasteiger partial charge in [0.1, 0.15) is 23.2 Å². The van der Waals surface area contributed by atoms with E-state index < -0.39 is 62.5 Å². The fourth-order valence-corrected chi connectivity index (χ4v) is 5.06. The van der Waals surface area contributed by atoms with Crippen LogP contribution in [-0.4, -0.2) is 82.9 Å². The molecule has 0 unspecified atom stereocenters. The monoisotopic (exact) mass is 654 g/mol. The van der Waals surface area contributed by atoms with Gasteiger partial charge in [0.25, 0.3) is 10.1 Å². The molecule has 242 valence electrons.